The molecule has 2 N–H and O–H groups in total. The minimum absolute atomic E-state index is 0.197. The molecule has 1 heterocycles. The monoisotopic (exact) mass is 440 g/mol. The second-order valence-corrected chi connectivity index (χ2v) is 7.52. The van der Waals surface area contributed by atoms with Crippen molar-refractivity contribution in [2.24, 2.45) is 0 Å². The molecular formula is C23H25FN4O4. The zero-order chi connectivity index (χ0) is 23.3. The number of amides is 4. The highest BCUT2D eigenvalue weighted by atomic mass is 19.1. The Morgan fingerprint density at radius 3 is 2.09 bits per heavy atom. The fourth-order valence-corrected chi connectivity index (χ4v) is 3.56. The van der Waals surface area contributed by atoms with Gasteiger partial charge in [-0.1, -0.05) is 19.1 Å². The largest absolute Gasteiger partial charge is 0.328 e. The van der Waals surface area contributed by atoms with Crippen LogP contribution >= 0.6 is 0 Å². The van der Waals surface area contributed by atoms with E-state index >= 15 is 0 Å². The quantitative estimate of drug-likeness (QED) is 0.646. The van der Waals surface area contributed by atoms with Crippen LogP contribution in [0.1, 0.15) is 25.8 Å². The number of nitrogens with zero attached hydrogens (tertiary/aromatic N) is 2. The second-order valence-electron chi connectivity index (χ2n) is 7.52. The van der Waals surface area contributed by atoms with E-state index < -0.39 is 23.8 Å². The summed E-state index contributed by atoms with van der Waals surface area (Å²) in [6.07, 6.45) is 0.340. The number of piperazine rings is 1. The molecule has 32 heavy (non-hydrogen) atoms. The van der Waals surface area contributed by atoms with Crippen LogP contribution in [0.5, 0.6) is 0 Å². The van der Waals surface area contributed by atoms with Crippen LogP contribution < -0.4 is 10.6 Å². The number of carbonyl (C=O) groups is 4. The van der Waals surface area contributed by atoms with E-state index in [1.807, 2.05) is 0 Å². The first-order chi connectivity index (χ1) is 15.3. The lowest BCUT2D eigenvalue weighted by Gasteiger charge is -2.37. The third-order valence-electron chi connectivity index (χ3n) is 5.17. The maximum Gasteiger partial charge on any atom is 0.312 e. The van der Waals surface area contributed by atoms with Crippen LogP contribution in [0, 0.1) is 5.82 Å². The molecule has 0 radical (unpaired) electrons. The highest BCUT2D eigenvalue weighted by Gasteiger charge is 2.38. The molecule has 0 aromatic heterocycles. The van der Waals surface area contributed by atoms with Crippen LogP contribution in [0.3, 0.4) is 0 Å². The Kier molecular flexibility index (Phi) is 7.19. The molecule has 9 heteroatoms. The van der Waals surface area contributed by atoms with Gasteiger partial charge in [-0.25, -0.2) is 4.39 Å². The minimum atomic E-state index is -0.797. The summed E-state index contributed by atoms with van der Waals surface area (Å²) in [6, 6.07) is 11.5. The fraction of sp³-hybridized carbons (Fsp3) is 0.304. The average molecular weight is 440 g/mol. The van der Waals surface area contributed by atoms with Crippen LogP contribution in [-0.2, 0) is 25.7 Å². The van der Waals surface area contributed by atoms with E-state index in [1.54, 1.807) is 43.3 Å². The predicted molar refractivity (Wildman–Crippen MR) is 117 cm³/mol. The van der Waals surface area contributed by atoms with Crippen molar-refractivity contribution in [3.8, 4) is 0 Å². The molecule has 0 spiro atoms. The minimum Gasteiger partial charge on any atom is -0.328 e. The van der Waals surface area contributed by atoms with Crippen molar-refractivity contribution in [1.82, 2.24) is 9.80 Å². The van der Waals surface area contributed by atoms with Gasteiger partial charge in [0.25, 0.3) is 0 Å². The zero-order valence-electron chi connectivity index (χ0n) is 17.9. The van der Waals surface area contributed by atoms with Gasteiger partial charge in [-0.15, -0.1) is 0 Å². The Balaban J connectivity index is 1.63. The van der Waals surface area contributed by atoms with Gasteiger partial charge < -0.3 is 20.4 Å². The first-order valence-corrected chi connectivity index (χ1v) is 10.3. The Morgan fingerprint density at radius 2 is 1.53 bits per heavy atom. The molecule has 0 saturated carbocycles. The number of rotatable bonds is 7. The second kappa shape index (κ2) is 10.0. The summed E-state index contributed by atoms with van der Waals surface area (Å²) in [5, 5.41) is 5.40. The smallest absolute Gasteiger partial charge is 0.312 e. The summed E-state index contributed by atoms with van der Waals surface area (Å²) in [6.45, 7) is 3.87. The molecule has 3 rings (SSSR count). The summed E-state index contributed by atoms with van der Waals surface area (Å²) < 4.78 is 13.1. The molecule has 0 bridgehead atoms. The number of hydrogen-bond acceptors (Lipinski definition) is 4. The van der Waals surface area contributed by atoms with Crippen LogP contribution in [-0.4, -0.2) is 52.6 Å². The average Bonchev–Trinajstić information content (AvgIpc) is 2.76. The summed E-state index contributed by atoms with van der Waals surface area (Å²) in [5.41, 5.74) is 1.82. The first-order valence-electron chi connectivity index (χ1n) is 10.3. The highest BCUT2D eigenvalue weighted by Crippen LogP contribution is 2.18. The molecule has 2 aromatic carbocycles. The van der Waals surface area contributed by atoms with Crippen molar-refractivity contribution in [1.29, 1.82) is 0 Å². The van der Waals surface area contributed by atoms with Crippen molar-refractivity contribution < 1.29 is 23.6 Å². The van der Waals surface area contributed by atoms with E-state index in [-0.39, 0.29) is 31.4 Å². The van der Waals surface area contributed by atoms with E-state index in [9.17, 15) is 23.6 Å². The van der Waals surface area contributed by atoms with Gasteiger partial charge in [0.1, 0.15) is 11.9 Å². The van der Waals surface area contributed by atoms with E-state index in [2.05, 4.69) is 10.6 Å². The molecule has 1 saturated heterocycles. The molecule has 1 aliphatic heterocycles. The predicted octanol–water partition coefficient (Wildman–Crippen LogP) is 2.37. The van der Waals surface area contributed by atoms with Gasteiger partial charge in [0.2, 0.25) is 11.8 Å². The standard InChI is InChI=1S/C23H25FN4O4/c1-3-20(21(30)26-19-10-8-18(9-11-19)25-15(2)29)28-13-12-27(22(31)23(28)32)14-16-4-6-17(24)7-5-16/h4-11,20H,3,12-14H2,1-2H3,(H,25,29)(H,26,30). The lowest BCUT2D eigenvalue weighted by molar-refractivity contribution is -0.159. The SMILES string of the molecule is CCC(C(=O)Nc1ccc(NC(C)=O)cc1)N1CCN(Cc2ccc(F)cc2)C(=O)C1=O. The number of hydrogen-bond donors (Lipinski definition) is 2. The third kappa shape index (κ3) is 5.48. The maximum absolute atomic E-state index is 13.1. The topological polar surface area (TPSA) is 98.8 Å². The molecule has 0 aliphatic carbocycles. The van der Waals surface area contributed by atoms with Crippen LogP contribution in [0.2, 0.25) is 0 Å². The van der Waals surface area contributed by atoms with Crippen molar-refractivity contribution in [3.05, 3.63) is 59.9 Å². The van der Waals surface area contributed by atoms with Crippen molar-refractivity contribution >= 4 is 35.0 Å². The summed E-state index contributed by atoms with van der Waals surface area (Å²) in [5.74, 6) is -2.39. The van der Waals surface area contributed by atoms with Crippen LogP contribution in [0.25, 0.3) is 0 Å². The molecule has 8 nitrogen and oxygen atoms in total. The molecule has 1 aliphatic rings. The van der Waals surface area contributed by atoms with Crippen LogP contribution in [0.15, 0.2) is 48.5 Å². The van der Waals surface area contributed by atoms with Crippen molar-refractivity contribution in [3.63, 3.8) is 0 Å². The number of halogens is 1. The molecule has 1 atom stereocenters. The van der Waals surface area contributed by atoms with Gasteiger partial charge in [0.15, 0.2) is 0 Å². The Bertz CT molecular complexity index is 1010. The van der Waals surface area contributed by atoms with E-state index in [1.165, 1.54) is 28.9 Å². The van der Waals surface area contributed by atoms with Crippen molar-refractivity contribution in [2.45, 2.75) is 32.9 Å². The molecule has 2 aromatic rings. The molecule has 4 amide bonds. The first kappa shape index (κ1) is 22.9. The molecule has 1 unspecified atom stereocenters. The summed E-state index contributed by atoms with van der Waals surface area (Å²) in [7, 11) is 0. The number of nitrogens with one attached hydrogen (secondary N) is 2. The van der Waals surface area contributed by atoms with E-state index in [0.29, 0.717) is 23.4 Å². The summed E-state index contributed by atoms with van der Waals surface area (Å²) in [4.78, 5) is 52.0. The third-order valence-corrected chi connectivity index (χ3v) is 5.17. The van der Waals surface area contributed by atoms with Gasteiger partial charge in [-0.2, -0.15) is 0 Å². The molecular weight excluding hydrogens is 415 g/mol. The number of anilines is 2. The lowest BCUT2D eigenvalue weighted by atomic mass is 10.1. The Hall–Kier alpha value is -3.75. The van der Waals surface area contributed by atoms with Gasteiger partial charge in [0, 0.05) is 37.9 Å². The van der Waals surface area contributed by atoms with Gasteiger partial charge >= 0.3 is 11.8 Å². The fourth-order valence-electron chi connectivity index (χ4n) is 3.56. The van der Waals surface area contributed by atoms with Gasteiger partial charge in [0.05, 0.1) is 0 Å². The van der Waals surface area contributed by atoms with Crippen LogP contribution in [0.4, 0.5) is 15.8 Å². The van der Waals surface area contributed by atoms with Gasteiger partial charge in [-0.3, -0.25) is 19.2 Å². The number of benzene rings is 2. The van der Waals surface area contributed by atoms with Crippen molar-refractivity contribution in [2.75, 3.05) is 23.7 Å². The number of carbonyl (C=O) groups excluding carboxylic acids is 4. The lowest BCUT2D eigenvalue weighted by Crippen LogP contribution is -2.59. The summed E-state index contributed by atoms with van der Waals surface area (Å²) >= 11 is 0. The van der Waals surface area contributed by atoms with E-state index in [4.69, 9.17) is 0 Å². The Labute approximate surface area is 185 Å². The van der Waals surface area contributed by atoms with E-state index in [0.717, 1.165) is 0 Å². The molecule has 168 valence electrons. The maximum atomic E-state index is 13.1. The highest BCUT2D eigenvalue weighted by molar-refractivity contribution is 6.35. The normalized spacial score (nSPS) is 14.8. The zero-order valence-corrected chi connectivity index (χ0v) is 17.9. The Morgan fingerprint density at radius 1 is 0.938 bits per heavy atom. The molecule has 1 fully saturated rings. The van der Waals surface area contributed by atoms with Gasteiger partial charge in [-0.05, 0) is 48.4 Å².